The maximum atomic E-state index is 9.70. The van der Waals surface area contributed by atoms with E-state index in [1.54, 1.807) is 0 Å². The second kappa shape index (κ2) is 10.9. The summed E-state index contributed by atoms with van der Waals surface area (Å²) in [7, 11) is 0. The minimum Gasteiger partial charge on any atom is -0.393 e. The van der Waals surface area contributed by atoms with Gasteiger partial charge in [-0.05, 0) is 103 Å². The Morgan fingerprint density at radius 3 is 1.03 bits per heavy atom. The zero-order chi connectivity index (χ0) is 20.1. The Morgan fingerprint density at radius 2 is 0.690 bits per heavy atom. The van der Waals surface area contributed by atoms with E-state index in [2.05, 4.69) is 0 Å². The van der Waals surface area contributed by atoms with E-state index in [1.807, 2.05) is 0 Å². The van der Waals surface area contributed by atoms with Gasteiger partial charge in [0.25, 0.3) is 0 Å². The van der Waals surface area contributed by atoms with Crippen molar-refractivity contribution < 1.29 is 24.4 Å². The van der Waals surface area contributed by atoms with Crippen LogP contribution >= 0.6 is 0 Å². The molecule has 0 aromatic carbocycles. The molecule has 4 saturated carbocycles. The predicted molar refractivity (Wildman–Crippen MR) is 112 cm³/mol. The number of aliphatic hydroxyl groups excluding tert-OH is 2. The van der Waals surface area contributed by atoms with Crippen LogP contribution in [0.25, 0.3) is 0 Å². The molecule has 0 bridgehead atoms. The zero-order valence-corrected chi connectivity index (χ0v) is 18.1. The van der Waals surface area contributed by atoms with Gasteiger partial charge in [0.05, 0.1) is 48.8 Å². The van der Waals surface area contributed by atoms with E-state index < -0.39 is 0 Å². The van der Waals surface area contributed by atoms with Crippen LogP contribution in [0.4, 0.5) is 0 Å². The Morgan fingerprint density at radius 1 is 0.379 bits per heavy atom. The molecule has 4 rings (SSSR count). The topological polar surface area (TPSA) is 68.2 Å². The van der Waals surface area contributed by atoms with Crippen LogP contribution in [0.3, 0.4) is 0 Å². The van der Waals surface area contributed by atoms with E-state index in [0.29, 0.717) is 36.6 Å². The van der Waals surface area contributed by atoms with Crippen LogP contribution in [0.1, 0.15) is 103 Å². The lowest BCUT2D eigenvalue weighted by Crippen LogP contribution is -2.38. The van der Waals surface area contributed by atoms with Crippen molar-refractivity contribution in [3.8, 4) is 0 Å². The molecule has 0 saturated heterocycles. The van der Waals surface area contributed by atoms with Crippen molar-refractivity contribution in [1.82, 2.24) is 0 Å². The molecule has 29 heavy (non-hydrogen) atoms. The molecule has 0 aromatic rings. The van der Waals surface area contributed by atoms with Gasteiger partial charge in [-0.2, -0.15) is 0 Å². The number of aliphatic hydroxyl groups is 2. The van der Waals surface area contributed by atoms with E-state index in [1.165, 1.54) is 12.8 Å². The Kier molecular flexibility index (Phi) is 8.27. The summed E-state index contributed by atoms with van der Waals surface area (Å²) in [5, 5.41) is 19.4. The first kappa shape index (κ1) is 22.0. The van der Waals surface area contributed by atoms with E-state index >= 15 is 0 Å². The summed E-state index contributed by atoms with van der Waals surface area (Å²) in [4.78, 5) is 0. The van der Waals surface area contributed by atoms with Gasteiger partial charge < -0.3 is 24.4 Å². The molecule has 5 heteroatoms. The third-order valence-electron chi connectivity index (χ3n) is 7.60. The van der Waals surface area contributed by atoms with Crippen molar-refractivity contribution in [2.45, 2.75) is 152 Å². The molecule has 0 spiro atoms. The van der Waals surface area contributed by atoms with Crippen LogP contribution in [0, 0.1) is 0 Å². The monoisotopic (exact) mass is 410 g/mol. The molecule has 5 nitrogen and oxygen atoms in total. The molecule has 4 aliphatic carbocycles. The standard InChI is InChI=1S/C24H42O5/c25-17-7-11-19(12-8-17)27-21-3-1-5-23(15-21)29-24-6-2-4-22(16-24)28-20-13-9-18(26)10-14-20/h17-26H,1-16H2. The average molecular weight is 411 g/mol. The first-order chi connectivity index (χ1) is 14.1. The minimum atomic E-state index is -0.113. The fraction of sp³-hybridized carbons (Fsp3) is 1.00. The third kappa shape index (κ3) is 6.90. The molecule has 4 atom stereocenters. The van der Waals surface area contributed by atoms with Gasteiger partial charge in [-0.25, -0.2) is 0 Å². The van der Waals surface area contributed by atoms with Crippen molar-refractivity contribution >= 4 is 0 Å². The Labute approximate surface area is 176 Å². The maximum Gasteiger partial charge on any atom is 0.0603 e. The van der Waals surface area contributed by atoms with Gasteiger partial charge in [0.2, 0.25) is 0 Å². The summed E-state index contributed by atoms with van der Waals surface area (Å²) in [6.07, 6.45) is 18.4. The van der Waals surface area contributed by atoms with Crippen molar-refractivity contribution in [2.75, 3.05) is 0 Å². The Hall–Kier alpha value is -0.200. The highest BCUT2D eigenvalue weighted by Gasteiger charge is 2.32. The second-order valence-electron chi connectivity index (χ2n) is 10.1. The van der Waals surface area contributed by atoms with Crippen LogP contribution in [0.5, 0.6) is 0 Å². The second-order valence-corrected chi connectivity index (χ2v) is 10.1. The maximum absolute atomic E-state index is 9.70. The summed E-state index contributed by atoms with van der Waals surface area (Å²) < 4.78 is 19.4. The van der Waals surface area contributed by atoms with E-state index in [-0.39, 0.29) is 12.2 Å². The molecule has 0 radical (unpaired) electrons. The number of ether oxygens (including phenoxy) is 3. The molecule has 4 aliphatic rings. The third-order valence-corrected chi connectivity index (χ3v) is 7.60. The molecule has 168 valence electrons. The fourth-order valence-electron chi connectivity index (χ4n) is 5.88. The van der Waals surface area contributed by atoms with E-state index in [4.69, 9.17) is 14.2 Å². The van der Waals surface area contributed by atoms with Gasteiger partial charge in [-0.1, -0.05) is 0 Å². The van der Waals surface area contributed by atoms with Gasteiger partial charge in [0.1, 0.15) is 0 Å². The summed E-state index contributed by atoms with van der Waals surface area (Å²) in [5.74, 6) is 0. The van der Waals surface area contributed by atoms with Gasteiger partial charge >= 0.3 is 0 Å². The average Bonchev–Trinajstić information content (AvgIpc) is 2.72. The summed E-state index contributed by atoms with van der Waals surface area (Å²) in [5.41, 5.74) is 0. The first-order valence-corrected chi connectivity index (χ1v) is 12.5. The normalized spacial score (nSPS) is 44.5. The smallest absolute Gasteiger partial charge is 0.0603 e. The lowest BCUT2D eigenvalue weighted by Gasteiger charge is -2.38. The van der Waals surface area contributed by atoms with E-state index in [0.717, 1.165) is 89.9 Å². The van der Waals surface area contributed by atoms with Crippen molar-refractivity contribution in [3.63, 3.8) is 0 Å². The van der Waals surface area contributed by atoms with Gasteiger partial charge in [0, 0.05) is 0 Å². The quantitative estimate of drug-likeness (QED) is 0.685. The molecule has 4 unspecified atom stereocenters. The van der Waals surface area contributed by atoms with Crippen LogP contribution in [-0.4, -0.2) is 59.0 Å². The lowest BCUT2D eigenvalue weighted by molar-refractivity contribution is -0.130. The highest BCUT2D eigenvalue weighted by molar-refractivity contribution is 4.82. The highest BCUT2D eigenvalue weighted by Crippen LogP contribution is 2.33. The van der Waals surface area contributed by atoms with Gasteiger partial charge in [0.15, 0.2) is 0 Å². The van der Waals surface area contributed by atoms with Crippen molar-refractivity contribution in [3.05, 3.63) is 0 Å². The lowest BCUT2D eigenvalue weighted by atomic mass is 9.90. The summed E-state index contributed by atoms with van der Waals surface area (Å²) in [6.45, 7) is 0. The number of hydrogen-bond donors (Lipinski definition) is 2. The SMILES string of the molecule is OC1CCC(OC2CCCC(OC3CCCC(OC4CCC(O)CC4)C3)C2)CC1. The van der Waals surface area contributed by atoms with Gasteiger partial charge in [-0.15, -0.1) is 0 Å². The van der Waals surface area contributed by atoms with Crippen molar-refractivity contribution in [2.24, 2.45) is 0 Å². The van der Waals surface area contributed by atoms with Crippen LogP contribution in [0.15, 0.2) is 0 Å². The summed E-state index contributed by atoms with van der Waals surface area (Å²) in [6, 6.07) is 0. The van der Waals surface area contributed by atoms with Gasteiger partial charge in [-0.3, -0.25) is 0 Å². The van der Waals surface area contributed by atoms with Crippen LogP contribution in [0.2, 0.25) is 0 Å². The summed E-state index contributed by atoms with van der Waals surface area (Å²) >= 11 is 0. The van der Waals surface area contributed by atoms with Crippen molar-refractivity contribution in [1.29, 1.82) is 0 Å². The highest BCUT2D eigenvalue weighted by atomic mass is 16.5. The molecule has 0 heterocycles. The first-order valence-electron chi connectivity index (χ1n) is 12.5. The fourth-order valence-corrected chi connectivity index (χ4v) is 5.88. The van der Waals surface area contributed by atoms with E-state index in [9.17, 15) is 10.2 Å². The number of rotatable bonds is 6. The molecular formula is C24H42O5. The zero-order valence-electron chi connectivity index (χ0n) is 18.1. The van der Waals surface area contributed by atoms with Crippen LogP contribution in [-0.2, 0) is 14.2 Å². The largest absolute Gasteiger partial charge is 0.393 e. The Bertz CT molecular complexity index is 428. The molecular weight excluding hydrogens is 368 g/mol. The minimum absolute atomic E-state index is 0.113. The molecule has 0 aliphatic heterocycles. The molecule has 2 N–H and O–H groups in total. The van der Waals surface area contributed by atoms with Crippen LogP contribution < -0.4 is 0 Å². The molecule has 0 aromatic heterocycles. The predicted octanol–water partition coefficient (Wildman–Crippen LogP) is 4.27. The molecule has 4 fully saturated rings. The number of hydrogen-bond acceptors (Lipinski definition) is 5. The molecule has 0 amide bonds. The Balaban J connectivity index is 1.18.